The second-order valence-corrected chi connectivity index (χ2v) is 8.76. The lowest BCUT2D eigenvalue weighted by molar-refractivity contribution is -0.153. The Balaban J connectivity index is 1.36. The Labute approximate surface area is 150 Å². The van der Waals surface area contributed by atoms with E-state index in [0.717, 1.165) is 56.2 Å². The molecule has 1 saturated heterocycles. The average molecular weight is 345 g/mol. The van der Waals surface area contributed by atoms with Crippen LogP contribution in [-0.4, -0.2) is 39.0 Å². The molecule has 0 radical (unpaired) electrons. The molecule has 0 bridgehead atoms. The lowest BCUT2D eigenvalue weighted by Crippen LogP contribution is -2.47. The molecule has 0 unspecified atom stereocenters. The van der Waals surface area contributed by atoms with Crippen molar-refractivity contribution in [1.82, 2.24) is 14.9 Å². The van der Waals surface area contributed by atoms with E-state index in [2.05, 4.69) is 14.9 Å². The van der Waals surface area contributed by atoms with Gasteiger partial charge in [-0.15, -0.1) is 0 Å². The van der Waals surface area contributed by atoms with Crippen LogP contribution in [0.5, 0.6) is 0 Å². The maximum Gasteiger partial charge on any atom is 0.310 e. The summed E-state index contributed by atoms with van der Waals surface area (Å²) in [5, 5.41) is 9.87. The van der Waals surface area contributed by atoms with Crippen molar-refractivity contribution in [3.05, 3.63) is 17.7 Å². The number of piperidine rings is 1. The largest absolute Gasteiger partial charge is 0.481 e. The first-order valence-corrected chi connectivity index (χ1v) is 10.1. The van der Waals surface area contributed by atoms with Crippen molar-refractivity contribution in [2.24, 2.45) is 17.3 Å². The number of hydrogen-bond acceptors (Lipinski definition) is 3. The third-order valence-corrected chi connectivity index (χ3v) is 6.52. The zero-order valence-electron chi connectivity index (χ0n) is 15.2. The van der Waals surface area contributed by atoms with Crippen molar-refractivity contribution >= 4 is 5.97 Å². The van der Waals surface area contributed by atoms with Crippen LogP contribution >= 0.6 is 0 Å². The fourth-order valence-electron chi connectivity index (χ4n) is 4.98. The van der Waals surface area contributed by atoms with Crippen LogP contribution in [-0.2, 0) is 17.8 Å². The Morgan fingerprint density at radius 1 is 1.24 bits per heavy atom. The summed E-state index contributed by atoms with van der Waals surface area (Å²) >= 11 is 0. The number of rotatable bonds is 7. The minimum atomic E-state index is -0.587. The van der Waals surface area contributed by atoms with E-state index >= 15 is 0 Å². The molecule has 1 atom stereocenters. The molecule has 3 fully saturated rings. The molecule has 0 aromatic carbocycles. The third-order valence-electron chi connectivity index (χ3n) is 6.52. The molecule has 3 aliphatic rings. The van der Waals surface area contributed by atoms with Crippen molar-refractivity contribution in [3.63, 3.8) is 0 Å². The van der Waals surface area contributed by atoms with Crippen LogP contribution in [0.4, 0.5) is 0 Å². The van der Waals surface area contributed by atoms with E-state index in [1.807, 2.05) is 6.20 Å². The van der Waals surface area contributed by atoms with Crippen LogP contribution in [0.1, 0.15) is 69.3 Å². The van der Waals surface area contributed by atoms with Crippen molar-refractivity contribution in [3.8, 4) is 0 Å². The molecule has 138 valence electrons. The number of aromatic nitrogens is 2. The van der Waals surface area contributed by atoms with Gasteiger partial charge in [-0.05, 0) is 37.6 Å². The van der Waals surface area contributed by atoms with Gasteiger partial charge >= 0.3 is 5.97 Å². The molecular weight excluding hydrogens is 314 g/mol. The lowest BCUT2D eigenvalue weighted by atomic mass is 9.75. The number of nitrogens with zero attached hydrogens (tertiary/aromatic N) is 2. The van der Waals surface area contributed by atoms with Gasteiger partial charge in [-0.2, -0.15) is 0 Å². The lowest BCUT2D eigenvalue weighted by Gasteiger charge is -2.40. The van der Waals surface area contributed by atoms with Crippen LogP contribution in [0.25, 0.3) is 0 Å². The number of nitrogens with one attached hydrogen (secondary N) is 1. The summed E-state index contributed by atoms with van der Waals surface area (Å²) in [6, 6.07) is 0. The van der Waals surface area contributed by atoms with Crippen LogP contribution in [0.3, 0.4) is 0 Å². The summed E-state index contributed by atoms with van der Waals surface area (Å²) in [5.41, 5.74) is 0.618. The maximum absolute atomic E-state index is 12.0. The smallest absolute Gasteiger partial charge is 0.310 e. The molecule has 2 saturated carbocycles. The molecule has 2 aliphatic carbocycles. The Kier molecular flexibility index (Phi) is 4.85. The van der Waals surface area contributed by atoms with E-state index in [0.29, 0.717) is 12.5 Å². The summed E-state index contributed by atoms with van der Waals surface area (Å²) in [6.07, 6.45) is 13.6. The van der Waals surface area contributed by atoms with Crippen LogP contribution in [0.15, 0.2) is 6.20 Å². The predicted octanol–water partition coefficient (Wildman–Crippen LogP) is 3.61. The highest BCUT2D eigenvalue weighted by Crippen LogP contribution is 2.45. The number of likely N-dealkylation sites (tertiary alicyclic amines) is 1. The fourth-order valence-corrected chi connectivity index (χ4v) is 4.98. The number of H-pyrrole nitrogens is 1. The highest BCUT2D eigenvalue weighted by Gasteiger charge is 2.45. The zero-order chi connectivity index (χ0) is 17.3. The van der Waals surface area contributed by atoms with Gasteiger partial charge in [0.25, 0.3) is 0 Å². The molecular formula is C20H31N3O2. The molecule has 1 aromatic rings. The van der Waals surface area contributed by atoms with Crippen LogP contribution in [0, 0.1) is 17.3 Å². The number of aromatic amines is 1. The molecule has 1 aromatic heterocycles. The van der Waals surface area contributed by atoms with Gasteiger partial charge in [-0.1, -0.05) is 38.5 Å². The van der Waals surface area contributed by atoms with E-state index < -0.39 is 11.4 Å². The first-order valence-electron chi connectivity index (χ1n) is 10.1. The molecule has 5 nitrogen and oxygen atoms in total. The normalized spacial score (nSPS) is 28.5. The van der Waals surface area contributed by atoms with Gasteiger partial charge in [-0.25, -0.2) is 4.98 Å². The summed E-state index contributed by atoms with van der Waals surface area (Å²) < 4.78 is 0. The van der Waals surface area contributed by atoms with Gasteiger partial charge in [0.05, 0.1) is 5.41 Å². The van der Waals surface area contributed by atoms with Gasteiger partial charge in [0, 0.05) is 31.4 Å². The first kappa shape index (κ1) is 17.1. The minimum Gasteiger partial charge on any atom is -0.481 e. The van der Waals surface area contributed by atoms with E-state index in [4.69, 9.17) is 0 Å². The van der Waals surface area contributed by atoms with Crippen LogP contribution < -0.4 is 0 Å². The number of hydrogen-bond donors (Lipinski definition) is 2. The quantitative estimate of drug-likeness (QED) is 0.792. The van der Waals surface area contributed by atoms with E-state index in [1.54, 1.807) is 0 Å². The van der Waals surface area contributed by atoms with Crippen molar-refractivity contribution < 1.29 is 9.90 Å². The molecule has 4 rings (SSSR count). The number of imidazole rings is 1. The number of carbonyl (C=O) groups is 1. The van der Waals surface area contributed by atoms with Crippen molar-refractivity contribution in [1.29, 1.82) is 0 Å². The number of carboxylic acids is 1. The average Bonchev–Trinajstić information content (AvgIpc) is 3.06. The molecule has 0 spiro atoms. The predicted molar refractivity (Wildman–Crippen MR) is 96.2 cm³/mol. The van der Waals surface area contributed by atoms with Gasteiger partial charge in [0.1, 0.15) is 5.82 Å². The summed E-state index contributed by atoms with van der Waals surface area (Å²) in [4.78, 5) is 22.4. The molecule has 2 N–H and O–H groups in total. The summed E-state index contributed by atoms with van der Waals surface area (Å²) in [5.74, 6) is 1.98. The highest BCUT2D eigenvalue weighted by molar-refractivity contribution is 5.75. The second kappa shape index (κ2) is 7.10. The van der Waals surface area contributed by atoms with Gasteiger partial charge in [-0.3, -0.25) is 9.69 Å². The fraction of sp³-hybridized carbons (Fsp3) is 0.800. The van der Waals surface area contributed by atoms with Gasteiger partial charge in [0.2, 0.25) is 0 Å². The Morgan fingerprint density at radius 2 is 2.04 bits per heavy atom. The van der Waals surface area contributed by atoms with Crippen molar-refractivity contribution in [2.75, 3.05) is 13.1 Å². The zero-order valence-corrected chi connectivity index (χ0v) is 15.2. The number of aliphatic carboxylic acids is 1. The topological polar surface area (TPSA) is 69.2 Å². The third kappa shape index (κ3) is 4.08. The highest BCUT2D eigenvalue weighted by atomic mass is 16.4. The maximum atomic E-state index is 12.0. The second-order valence-electron chi connectivity index (χ2n) is 8.76. The van der Waals surface area contributed by atoms with E-state index in [1.165, 1.54) is 38.5 Å². The number of carboxylic acid groups (broad SMARTS) is 1. The Bertz CT molecular complexity index is 604. The van der Waals surface area contributed by atoms with Crippen molar-refractivity contribution in [2.45, 2.75) is 70.8 Å². The Morgan fingerprint density at radius 3 is 2.76 bits per heavy atom. The van der Waals surface area contributed by atoms with Crippen LogP contribution in [0.2, 0.25) is 0 Å². The Hall–Kier alpha value is -1.36. The standard InChI is InChI=1S/C20H31N3O2/c24-19(25)20(11-16-6-7-16)8-3-9-23(14-20)13-17-12-21-18(22-17)10-15-4-1-2-5-15/h12,15-16H,1-11,13-14H2,(H,21,22)(H,24,25)/t20-/m1/s1. The summed E-state index contributed by atoms with van der Waals surface area (Å²) in [7, 11) is 0. The molecule has 5 heteroatoms. The first-order chi connectivity index (χ1) is 12.1. The van der Waals surface area contributed by atoms with Gasteiger partial charge in [0.15, 0.2) is 0 Å². The molecule has 25 heavy (non-hydrogen) atoms. The van der Waals surface area contributed by atoms with E-state index in [-0.39, 0.29) is 0 Å². The molecule has 2 heterocycles. The van der Waals surface area contributed by atoms with E-state index in [9.17, 15) is 9.90 Å². The summed E-state index contributed by atoms with van der Waals surface area (Å²) in [6.45, 7) is 2.49. The minimum absolute atomic E-state index is 0.522. The SMILES string of the molecule is O=C(O)[C@@]1(CC2CC2)CCCN(Cc2cnc(CC3CCCC3)[nH]2)C1. The van der Waals surface area contributed by atoms with Gasteiger partial charge < -0.3 is 10.1 Å². The molecule has 1 aliphatic heterocycles. The monoisotopic (exact) mass is 345 g/mol. The molecule has 0 amide bonds.